The van der Waals surface area contributed by atoms with Crippen molar-refractivity contribution >= 4 is 27.5 Å². The van der Waals surface area contributed by atoms with E-state index in [9.17, 15) is 9.59 Å². The predicted octanol–water partition coefficient (Wildman–Crippen LogP) is 3.12. The Hall–Kier alpha value is -2.67. The maximum atomic E-state index is 12.7. The molecule has 6 nitrogen and oxygen atoms in total. The molecular weight excluding hydrogens is 364 g/mol. The molecule has 0 amide bonds. The van der Waals surface area contributed by atoms with Crippen molar-refractivity contribution in [3.05, 3.63) is 56.4 Å². The Kier molecular flexibility index (Phi) is 4.70. The van der Waals surface area contributed by atoms with Crippen LogP contribution in [0, 0.1) is 6.92 Å². The van der Waals surface area contributed by atoms with E-state index in [0.29, 0.717) is 33.6 Å². The normalized spacial score (nSPS) is 13.0. The molecule has 0 spiro atoms. The Morgan fingerprint density at radius 1 is 1.30 bits per heavy atom. The van der Waals surface area contributed by atoms with E-state index in [0.717, 1.165) is 30.0 Å². The van der Waals surface area contributed by atoms with Crippen LogP contribution in [0.25, 0.3) is 10.2 Å². The molecule has 1 aliphatic heterocycles. The summed E-state index contributed by atoms with van der Waals surface area (Å²) in [5.74, 6) is 1.21. The second-order valence-electron chi connectivity index (χ2n) is 6.56. The van der Waals surface area contributed by atoms with E-state index in [1.54, 1.807) is 18.6 Å². The molecule has 0 saturated carbocycles. The first-order valence-corrected chi connectivity index (χ1v) is 9.73. The fraction of sp³-hybridized carbons (Fsp3) is 0.350. The van der Waals surface area contributed by atoms with Crippen molar-refractivity contribution in [3.63, 3.8) is 0 Å². The molecule has 1 aliphatic rings. The van der Waals surface area contributed by atoms with Crippen LogP contribution in [0.2, 0.25) is 0 Å². The number of aromatic nitrogens is 2. The summed E-state index contributed by atoms with van der Waals surface area (Å²) in [6.45, 7) is 2.78. The Labute approximate surface area is 160 Å². The van der Waals surface area contributed by atoms with Crippen LogP contribution in [-0.2, 0) is 24.1 Å². The number of nitrogens with zero attached hydrogens (tertiary/aromatic N) is 2. The van der Waals surface area contributed by atoms with Crippen LogP contribution in [-0.4, -0.2) is 29.2 Å². The van der Waals surface area contributed by atoms with Crippen molar-refractivity contribution in [1.29, 1.82) is 0 Å². The Balaban J connectivity index is 1.50. The summed E-state index contributed by atoms with van der Waals surface area (Å²) in [6.07, 6.45) is 2.37. The van der Waals surface area contributed by atoms with E-state index in [1.165, 1.54) is 11.3 Å². The predicted molar refractivity (Wildman–Crippen MR) is 104 cm³/mol. The summed E-state index contributed by atoms with van der Waals surface area (Å²) in [6, 6.07) is 7.66. The zero-order chi connectivity index (χ0) is 19.0. The van der Waals surface area contributed by atoms with Crippen molar-refractivity contribution in [2.45, 2.75) is 32.7 Å². The van der Waals surface area contributed by atoms with Gasteiger partial charge >= 0.3 is 5.97 Å². The number of carbonyl (C=O) groups is 1. The van der Waals surface area contributed by atoms with Crippen molar-refractivity contribution in [2.24, 2.45) is 0 Å². The van der Waals surface area contributed by atoms with Crippen LogP contribution in [0.1, 0.15) is 33.0 Å². The number of fused-ring (bicyclic) bond motifs is 2. The largest absolute Gasteiger partial charge is 0.497 e. The van der Waals surface area contributed by atoms with Gasteiger partial charge in [-0.25, -0.2) is 9.78 Å². The fourth-order valence-corrected chi connectivity index (χ4v) is 4.47. The van der Waals surface area contributed by atoms with Gasteiger partial charge in [-0.2, -0.15) is 0 Å². The molecule has 1 aromatic carbocycles. The molecule has 0 atom stereocenters. The highest BCUT2D eigenvalue weighted by molar-refractivity contribution is 7.20. The maximum Gasteiger partial charge on any atom is 0.348 e. The van der Waals surface area contributed by atoms with Crippen LogP contribution < -0.4 is 10.3 Å². The van der Waals surface area contributed by atoms with E-state index in [1.807, 2.05) is 24.3 Å². The van der Waals surface area contributed by atoms with E-state index < -0.39 is 5.97 Å². The molecule has 0 bridgehead atoms. The number of hydrogen-bond acceptors (Lipinski definition) is 6. The lowest BCUT2D eigenvalue weighted by Gasteiger charge is -2.05. The molecule has 7 heteroatoms. The third-order valence-electron chi connectivity index (χ3n) is 4.88. The summed E-state index contributed by atoms with van der Waals surface area (Å²) < 4.78 is 12.3. The minimum atomic E-state index is -0.395. The van der Waals surface area contributed by atoms with E-state index in [-0.39, 0.29) is 12.2 Å². The highest BCUT2D eigenvalue weighted by Crippen LogP contribution is 2.29. The molecule has 2 aromatic heterocycles. The summed E-state index contributed by atoms with van der Waals surface area (Å²) in [7, 11) is 1.62. The number of ether oxygens (including phenoxy) is 2. The van der Waals surface area contributed by atoms with Gasteiger partial charge < -0.3 is 9.47 Å². The van der Waals surface area contributed by atoms with Gasteiger partial charge in [0.25, 0.3) is 5.56 Å². The molecule has 3 heterocycles. The van der Waals surface area contributed by atoms with Crippen LogP contribution >= 0.6 is 11.3 Å². The van der Waals surface area contributed by atoms with Crippen LogP contribution in [0.3, 0.4) is 0 Å². The molecule has 140 valence electrons. The fourth-order valence-electron chi connectivity index (χ4n) is 3.39. The zero-order valence-electron chi connectivity index (χ0n) is 15.3. The highest BCUT2D eigenvalue weighted by Gasteiger charge is 2.23. The number of benzene rings is 1. The summed E-state index contributed by atoms with van der Waals surface area (Å²) in [5.41, 5.74) is 1.69. The minimum Gasteiger partial charge on any atom is -0.497 e. The summed E-state index contributed by atoms with van der Waals surface area (Å²) in [5, 5.41) is 0.549. The average Bonchev–Trinajstić information content (AvgIpc) is 3.27. The van der Waals surface area contributed by atoms with Crippen LogP contribution in [0.5, 0.6) is 5.75 Å². The molecule has 27 heavy (non-hydrogen) atoms. The molecular formula is C20H20N2O4S. The SMILES string of the molecule is COc1ccc(CCOC(=O)c2sc3nc4n(c(=O)c3c2C)CCC4)cc1. The Bertz CT molecular complexity index is 1070. The van der Waals surface area contributed by atoms with Gasteiger partial charge in [-0.1, -0.05) is 12.1 Å². The molecule has 0 fully saturated rings. The lowest BCUT2D eigenvalue weighted by Crippen LogP contribution is -2.20. The number of esters is 1. The maximum absolute atomic E-state index is 12.7. The minimum absolute atomic E-state index is 0.0430. The number of aryl methyl sites for hydroxylation is 2. The lowest BCUT2D eigenvalue weighted by molar-refractivity contribution is 0.0514. The van der Waals surface area contributed by atoms with Gasteiger partial charge in [-0.05, 0) is 36.6 Å². The lowest BCUT2D eigenvalue weighted by atomic mass is 10.1. The van der Waals surface area contributed by atoms with Crippen molar-refractivity contribution in [2.75, 3.05) is 13.7 Å². The van der Waals surface area contributed by atoms with Gasteiger partial charge in [0.15, 0.2) is 0 Å². The standard InChI is InChI=1S/C20H20N2O4S/c1-12-16-18(21-15-4-3-10-22(15)19(16)23)27-17(12)20(24)26-11-9-13-5-7-14(25-2)8-6-13/h5-8H,3-4,9-11H2,1-2H3. The average molecular weight is 384 g/mol. The monoisotopic (exact) mass is 384 g/mol. The summed E-state index contributed by atoms with van der Waals surface area (Å²) in [4.78, 5) is 30.9. The number of carbonyl (C=O) groups excluding carboxylic acids is 1. The van der Waals surface area contributed by atoms with E-state index in [2.05, 4.69) is 4.98 Å². The number of hydrogen-bond donors (Lipinski definition) is 0. The number of methoxy groups -OCH3 is 1. The molecule has 0 unspecified atom stereocenters. The van der Waals surface area contributed by atoms with Gasteiger partial charge in [0, 0.05) is 19.4 Å². The number of thiophene rings is 1. The van der Waals surface area contributed by atoms with Gasteiger partial charge in [0.2, 0.25) is 0 Å². The van der Waals surface area contributed by atoms with Crippen LogP contribution in [0.15, 0.2) is 29.1 Å². The molecule has 0 N–H and O–H groups in total. The molecule has 0 saturated heterocycles. The van der Waals surface area contributed by atoms with Crippen molar-refractivity contribution in [1.82, 2.24) is 9.55 Å². The second kappa shape index (κ2) is 7.15. The molecule has 0 aliphatic carbocycles. The van der Waals surface area contributed by atoms with Gasteiger partial charge in [0.1, 0.15) is 21.3 Å². The van der Waals surface area contributed by atoms with Crippen molar-refractivity contribution in [3.8, 4) is 5.75 Å². The number of rotatable bonds is 5. The smallest absolute Gasteiger partial charge is 0.348 e. The van der Waals surface area contributed by atoms with Gasteiger partial charge in [0.05, 0.1) is 19.1 Å². The first-order valence-electron chi connectivity index (χ1n) is 8.91. The second-order valence-corrected chi connectivity index (χ2v) is 7.56. The molecule has 3 aromatic rings. The molecule has 4 rings (SSSR count). The topological polar surface area (TPSA) is 70.4 Å². The zero-order valence-corrected chi connectivity index (χ0v) is 16.1. The Morgan fingerprint density at radius 2 is 2.07 bits per heavy atom. The van der Waals surface area contributed by atoms with E-state index in [4.69, 9.17) is 9.47 Å². The highest BCUT2D eigenvalue weighted by atomic mass is 32.1. The third-order valence-corrected chi connectivity index (χ3v) is 6.05. The van der Waals surface area contributed by atoms with Crippen molar-refractivity contribution < 1.29 is 14.3 Å². The van der Waals surface area contributed by atoms with Gasteiger partial charge in [-0.15, -0.1) is 11.3 Å². The quantitative estimate of drug-likeness (QED) is 0.632. The first kappa shape index (κ1) is 17.7. The van der Waals surface area contributed by atoms with Gasteiger partial charge in [-0.3, -0.25) is 9.36 Å². The molecule has 0 radical (unpaired) electrons. The van der Waals surface area contributed by atoms with Crippen LogP contribution in [0.4, 0.5) is 0 Å². The van der Waals surface area contributed by atoms with E-state index >= 15 is 0 Å². The Morgan fingerprint density at radius 3 is 2.81 bits per heavy atom. The first-order chi connectivity index (χ1) is 13.1. The summed E-state index contributed by atoms with van der Waals surface area (Å²) >= 11 is 1.25. The third kappa shape index (κ3) is 3.23.